The lowest BCUT2D eigenvalue weighted by atomic mass is 10.1. The SMILES string of the molecule is CC(C)(C)N(N)/C(CN1CCN(Cc2ccc(C#N)cc2)CC1)=N\N. The third kappa shape index (κ3) is 5.43. The fraction of sp³-hybridized carbons (Fsp3) is 0.556. The standard InChI is InChI=1S/C18H29N7/c1-18(2,3)25(21)17(22-20)14-24-10-8-23(9-11-24)13-16-6-4-15(12-19)5-7-16/h4-7H,8-11,13-14,20-21H2,1-3H3/b22-17-. The highest BCUT2D eigenvalue weighted by molar-refractivity contribution is 5.84. The van der Waals surface area contributed by atoms with Gasteiger partial charge in [-0.05, 0) is 38.5 Å². The van der Waals surface area contributed by atoms with E-state index < -0.39 is 0 Å². The van der Waals surface area contributed by atoms with Crippen molar-refractivity contribution in [3.8, 4) is 6.07 Å². The average Bonchev–Trinajstić information content (AvgIpc) is 2.60. The van der Waals surface area contributed by atoms with Crippen LogP contribution in [0.1, 0.15) is 31.9 Å². The normalized spacial score (nSPS) is 17.3. The monoisotopic (exact) mass is 343 g/mol. The summed E-state index contributed by atoms with van der Waals surface area (Å²) in [5, 5.41) is 14.4. The number of hydrazone groups is 1. The summed E-state index contributed by atoms with van der Waals surface area (Å²) < 4.78 is 0. The lowest BCUT2D eigenvalue weighted by molar-refractivity contribution is 0.133. The van der Waals surface area contributed by atoms with Crippen molar-refractivity contribution in [2.45, 2.75) is 32.9 Å². The average molecular weight is 343 g/mol. The summed E-state index contributed by atoms with van der Waals surface area (Å²) >= 11 is 0. The second kappa shape index (κ2) is 8.30. The van der Waals surface area contributed by atoms with Crippen LogP contribution in [0, 0.1) is 11.3 Å². The molecule has 0 bridgehead atoms. The van der Waals surface area contributed by atoms with Gasteiger partial charge in [-0.3, -0.25) is 14.8 Å². The van der Waals surface area contributed by atoms with Crippen molar-refractivity contribution >= 4 is 5.84 Å². The van der Waals surface area contributed by atoms with Crippen molar-refractivity contribution in [3.05, 3.63) is 35.4 Å². The molecule has 7 nitrogen and oxygen atoms in total. The molecule has 0 spiro atoms. The van der Waals surface area contributed by atoms with Crippen molar-refractivity contribution in [2.24, 2.45) is 16.8 Å². The van der Waals surface area contributed by atoms with E-state index in [-0.39, 0.29) is 5.54 Å². The van der Waals surface area contributed by atoms with Gasteiger partial charge in [0.15, 0.2) is 5.84 Å². The van der Waals surface area contributed by atoms with Gasteiger partial charge in [0.05, 0.1) is 18.2 Å². The minimum absolute atomic E-state index is 0.213. The summed E-state index contributed by atoms with van der Waals surface area (Å²) in [5.41, 5.74) is 1.72. The number of hydrogen-bond donors (Lipinski definition) is 2. The van der Waals surface area contributed by atoms with E-state index in [0.717, 1.165) is 32.7 Å². The van der Waals surface area contributed by atoms with Crippen LogP contribution in [0.15, 0.2) is 29.4 Å². The van der Waals surface area contributed by atoms with Crippen molar-refractivity contribution in [2.75, 3.05) is 32.7 Å². The van der Waals surface area contributed by atoms with Crippen LogP contribution >= 0.6 is 0 Å². The zero-order valence-corrected chi connectivity index (χ0v) is 15.4. The molecule has 1 fully saturated rings. The molecule has 136 valence electrons. The summed E-state index contributed by atoms with van der Waals surface area (Å²) in [4.78, 5) is 4.74. The number of nitrogens with zero attached hydrogens (tertiary/aromatic N) is 5. The highest BCUT2D eigenvalue weighted by Crippen LogP contribution is 2.12. The molecule has 7 heteroatoms. The topological polar surface area (TPSA) is 97.9 Å². The maximum Gasteiger partial charge on any atom is 0.153 e. The molecular formula is C18H29N7. The van der Waals surface area contributed by atoms with Crippen LogP contribution < -0.4 is 11.7 Å². The number of amidine groups is 1. The number of piperazine rings is 1. The Balaban J connectivity index is 1.83. The lowest BCUT2D eigenvalue weighted by Gasteiger charge is -2.38. The van der Waals surface area contributed by atoms with Crippen LogP contribution in [-0.2, 0) is 6.54 Å². The van der Waals surface area contributed by atoms with Crippen LogP contribution in [0.4, 0.5) is 0 Å². The van der Waals surface area contributed by atoms with Gasteiger partial charge in [0.25, 0.3) is 0 Å². The zero-order valence-electron chi connectivity index (χ0n) is 15.4. The zero-order chi connectivity index (χ0) is 18.4. The summed E-state index contributed by atoms with van der Waals surface area (Å²) in [6, 6.07) is 9.95. The molecule has 1 heterocycles. The molecule has 1 aliphatic heterocycles. The first-order chi connectivity index (χ1) is 11.8. The van der Waals surface area contributed by atoms with Crippen LogP contribution in [0.3, 0.4) is 0 Å². The number of hydrazine groups is 1. The summed E-state index contributed by atoms with van der Waals surface area (Å²) in [6.07, 6.45) is 0. The molecule has 1 aliphatic rings. The second-order valence-electron chi connectivity index (χ2n) is 7.45. The molecule has 1 aromatic carbocycles. The number of hydrogen-bond acceptors (Lipinski definition) is 6. The van der Waals surface area contributed by atoms with Crippen molar-refractivity contribution in [3.63, 3.8) is 0 Å². The smallest absolute Gasteiger partial charge is 0.153 e. The minimum atomic E-state index is -0.213. The Bertz CT molecular complexity index is 616. The third-order valence-corrected chi connectivity index (χ3v) is 4.47. The molecule has 1 saturated heterocycles. The predicted octanol–water partition coefficient (Wildman–Crippen LogP) is 0.922. The highest BCUT2D eigenvalue weighted by Gasteiger charge is 2.25. The van der Waals surface area contributed by atoms with Gasteiger partial charge in [-0.15, -0.1) is 0 Å². The lowest BCUT2D eigenvalue weighted by Crippen LogP contribution is -2.56. The summed E-state index contributed by atoms with van der Waals surface area (Å²) in [7, 11) is 0. The fourth-order valence-electron chi connectivity index (χ4n) is 2.81. The van der Waals surface area contributed by atoms with Gasteiger partial charge in [-0.1, -0.05) is 12.1 Å². The molecule has 0 aromatic heterocycles. The van der Waals surface area contributed by atoms with Gasteiger partial charge in [0, 0.05) is 38.3 Å². The van der Waals surface area contributed by atoms with Gasteiger partial charge >= 0.3 is 0 Å². The molecule has 4 N–H and O–H groups in total. The third-order valence-electron chi connectivity index (χ3n) is 4.47. The Morgan fingerprint density at radius 2 is 1.72 bits per heavy atom. The maximum absolute atomic E-state index is 8.86. The molecular weight excluding hydrogens is 314 g/mol. The van der Waals surface area contributed by atoms with E-state index in [2.05, 4.69) is 21.0 Å². The Labute approximate surface area is 150 Å². The molecule has 0 aliphatic carbocycles. The molecule has 0 atom stereocenters. The number of nitriles is 1. The van der Waals surface area contributed by atoms with Crippen LogP contribution in [0.5, 0.6) is 0 Å². The Morgan fingerprint density at radius 1 is 1.16 bits per heavy atom. The second-order valence-corrected chi connectivity index (χ2v) is 7.45. The van der Waals surface area contributed by atoms with E-state index in [4.69, 9.17) is 16.9 Å². The Kier molecular flexibility index (Phi) is 6.37. The number of nitrogens with two attached hydrogens (primary N) is 2. The van der Waals surface area contributed by atoms with E-state index in [0.29, 0.717) is 17.9 Å². The predicted molar refractivity (Wildman–Crippen MR) is 100 cm³/mol. The first kappa shape index (κ1) is 19.2. The van der Waals surface area contributed by atoms with Crippen molar-refractivity contribution in [1.29, 1.82) is 5.26 Å². The van der Waals surface area contributed by atoms with Gasteiger partial charge in [-0.2, -0.15) is 10.4 Å². The molecule has 2 rings (SSSR count). The Hall–Kier alpha value is -2.14. The van der Waals surface area contributed by atoms with E-state index in [9.17, 15) is 0 Å². The quantitative estimate of drug-likeness (QED) is 0.365. The number of rotatable bonds is 4. The van der Waals surface area contributed by atoms with E-state index in [1.54, 1.807) is 5.01 Å². The van der Waals surface area contributed by atoms with Crippen molar-refractivity contribution < 1.29 is 0 Å². The highest BCUT2D eigenvalue weighted by atomic mass is 15.5. The van der Waals surface area contributed by atoms with Crippen LogP contribution in [0.25, 0.3) is 0 Å². The van der Waals surface area contributed by atoms with Crippen LogP contribution in [-0.4, -0.2) is 58.9 Å². The molecule has 0 saturated carbocycles. The van der Waals surface area contributed by atoms with E-state index in [1.165, 1.54) is 5.56 Å². The van der Waals surface area contributed by atoms with Crippen LogP contribution in [0.2, 0.25) is 0 Å². The molecule has 0 amide bonds. The van der Waals surface area contributed by atoms with Crippen molar-refractivity contribution in [1.82, 2.24) is 14.8 Å². The molecule has 0 unspecified atom stereocenters. The van der Waals surface area contributed by atoms with E-state index in [1.807, 2.05) is 45.0 Å². The Morgan fingerprint density at radius 3 is 2.20 bits per heavy atom. The first-order valence-corrected chi connectivity index (χ1v) is 8.59. The molecule has 0 radical (unpaired) electrons. The van der Waals surface area contributed by atoms with E-state index >= 15 is 0 Å². The number of benzene rings is 1. The fourth-order valence-corrected chi connectivity index (χ4v) is 2.81. The maximum atomic E-state index is 8.86. The summed E-state index contributed by atoms with van der Waals surface area (Å²) in [5.74, 6) is 12.4. The van der Waals surface area contributed by atoms with Gasteiger partial charge in [-0.25, -0.2) is 5.84 Å². The van der Waals surface area contributed by atoms with Gasteiger partial charge < -0.3 is 5.84 Å². The van der Waals surface area contributed by atoms with Gasteiger partial charge in [0.2, 0.25) is 0 Å². The molecule has 25 heavy (non-hydrogen) atoms. The summed E-state index contributed by atoms with van der Waals surface area (Å²) in [6.45, 7) is 11.5. The largest absolute Gasteiger partial charge is 0.321 e. The molecule has 1 aromatic rings. The van der Waals surface area contributed by atoms with Gasteiger partial charge in [0.1, 0.15) is 0 Å². The minimum Gasteiger partial charge on any atom is -0.321 e. The first-order valence-electron chi connectivity index (χ1n) is 8.59.